The number of carbonyl (C=O) groups is 1. The van der Waals surface area contributed by atoms with Crippen LogP contribution >= 0.6 is 0 Å². The predicted molar refractivity (Wildman–Crippen MR) is 141 cm³/mol. The summed E-state index contributed by atoms with van der Waals surface area (Å²) in [6.45, 7) is 6.62. The molecule has 2 atom stereocenters. The maximum Gasteiger partial charge on any atom is 0.416 e. The predicted octanol–water partition coefficient (Wildman–Crippen LogP) is 7.68. The van der Waals surface area contributed by atoms with E-state index < -0.39 is 17.3 Å². The van der Waals surface area contributed by atoms with Crippen molar-refractivity contribution in [2.45, 2.75) is 57.6 Å². The van der Waals surface area contributed by atoms with Gasteiger partial charge in [0.2, 0.25) is 0 Å². The van der Waals surface area contributed by atoms with Crippen LogP contribution in [0.15, 0.2) is 84.9 Å². The van der Waals surface area contributed by atoms with Crippen LogP contribution in [0.3, 0.4) is 0 Å². The Hall–Kier alpha value is -3.32. The fourth-order valence-electron chi connectivity index (χ4n) is 4.98. The average molecular weight is 526 g/mol. The summed E-state index contributed by atoms with van der Waals surface area (Å²) in [6, 6.07) is 25.3. The molecule has 0 spiro atoms. The summed E-state index contributed by atoms with van der Waals surface area (Å²) in [4.78, 5) is 14.8. The van der Waals surface area contributed by atoms with Crippen molar-refractivity contribution in [3.63, 3.8) is 0 Å². The molecule has 1 aliphatic rings. The molecule has 1 saturated heterocycles. The number of likely N-dealkylation sites (tertiary alicyclic amines) is 1. The highest BCUT2D eigenvalue weighted by Crippen LogP contribution is 2.39. The summed E-state index contributed by atoms with van der Waals surface area (Å²) >= 11 is 0. The van der Waals surface area contributed by atoms with Gasteiger partial charge >= 0.3 is 12.3 Å². The van der Waals surface area contributed by atoms with E-state index in [-0.39, 0.29) is 30.6 Å². The van der Waals surface area contributed by atoms with Gasteiger partial charge in [-0.2, -0.15) is 13.2 Å². The molecule has 4 rings (SSSR count). The summed E-state index contributed by atoms with van der Waals surface area (Å²) in [6.07, 6.45) is -4.37. The van der Waals surface area contributed by atoms with Crippen LogP contribution in [0.2, 0.25) is 0 Å². The van der Waals surface area contributed by atoms with E-state index in [1.165, 1.54) is 12.1 Å². The van der Waals surface area contributed by atoms with Gasteiger partial charge in [0.1, 0.15) is 5.60 Å². The van der Waals surface area contributed by atoms with E-state index >= 15 is 0 Å². The Labute approximate surface area is 222 Å². The summed E-state index contributed by atoms with van der Waals surface area (Å²) < 4.78 is 51.0. The number of carbonyl (C=O) groups excluding carboxylic acids is 1. The maximum absolute atomic E-state index is 13.0. The van der Waals surface area contributed by atoms with Crippen molar-refractivity contribution < 1.29 is 27.4 Å². The first-order chi connectivity index (χ1) is 18.0. The zero-order valence-corrected chi connectivity index (χ0v) is 21.9. The molecular formula is C31H34F3NO3. The first kappa shape index (κ1) is 27.7. The van der Waals surface area contributed by atoms with Gasteiger partial charge in [-0.15, -0.1) is 0 Å². The molecule has 1 amide bonds. The van der Waals surface area contributed by atoms with Crippen LogP contribution in [-0.4, -0.2) is 35.8 Å². The van der Waals surface area contributed by atoms with Crippen molar-refractivity contribution in [3.05, 3.63) is 107 Å². The van der Waals surface area contributed by atoms with Gasteiger partial charge in [-0.05, 0) is 56.0 Å². The minimum atomic E-state index is -4.38. The quantitative estimate of drug-likeness (QED) is 0.331. The largest absolute Gasteiger partial charge is 0.444 e. The third-order valence-electron chi connectivity index (χ3n) is 6.73. The summed E-state index contributed by atoms with van der Waals surface area (Å²) in [5.41, 5.74) is 1.59. The standard InChI is InChI=1S/C31H34F3NO3/c1-30(2,3)38-29(36)35-19-18-27(37-21-22-14-16-25(17-15-22)31(32,33)34)26(20-35)28(23-10-6-4-7-11-23)24-12-8-5-9-13-24/h4-17,26-28H,18-21H2,1-3H3/t26-,27+/m0/s1. The molecule has 3 aromatic rings. The lowest BCUT2D eigenvalue weighted by Crippen LogP contribution is -2.50. The van der Waals surface area contributed by atoms with E-state index in [1.54, 1.807) is 4.90 Å². The maximum atomic E-state index is 13.0. The van der Waals surface area contributed by atoms with Gasteiger partial charge in [0.25, 0.3) is 0 Å². The fraction of sp³-hybridized carbons (Fsp3) is 0.387. The molecule has 1 fully saturated rings. The first-order valence-corrected chi connectivity index (χ1v) is 12.9. The lowest BCUT2D eigenvalue weighted by Gasteiger charge is -2.42. The van der Waals surface area contributed by atoms with Gasteiger partial charge in [0.15, 0.2) is 0 Å². The minimum absolute atomic E-state index is 0.0553. The van der Waals surface area contributed by atoms with Crippen LogP contribution in [-0.2, 0) is 22.3 Å². The molecule has 1 heterocycles. The number of nitrogens with zero attached hydrogens (tertiary/aromatic N) is 1. The molecule has 38 heavy (non-hydrogen) atoms. The van der Waals surface area contributed by atoms with E-state index in [2.05, 4.69) is 24.3 Å². The Bertz CT molecular complexity index is 1140. The van der Waals surface area contributed by atoms with Gasteiger partial charge in [-0.3, -0.25) is 0 Å². The smallest absolute Gasteiger partial charge is 0.416 e. The van der Waals surface area contributed by atoms with Crippen molar-refractivity contribution >= 4 is 6.09 Å². The molecule has 0 radical (unpaired) electrons. The Morgan fingerprint density at radius 2 is 1.45 bits per heavy atom. The number of amides is 1. The summed E-state index contributed by atoms with van der Waals surface area (Å²) in [5.74, 6) is -0.157. The van der Waals surface area contributed by atoms with E-state index in [0.717, 1.165) is 23.3 Å². The number of alkyl halides is 3. The molecule has 0 bridgehead atoms. The van der Waals surface area contributed by atoms with Crippen LogP contribution in [0, 0.1) is 5.92 Å². The summed E-state index contributed by atoms with van der Waals surface area (Å²) in [7, 11) is 0. The Morgan fingerprint density at radius 3 is 1.95 bits per heavy atom. The highest BCUT2D eigenvalue weighted by Gasteiger charge is 2.39. The second kappa shape index (κ2) is 11.6. The third-order valence-corrected chi connectivity index (χ3v) is 6.73. The topological polar surface area (TPSA) is 38.8 Å². The van der Waals surface area contributed by atoms with Gasteiger partial charge in [-0.1, -0.05) is 72.8 Å². The number of hydrogen-bond donors (Lipinski definition) is 0. The van der Waals surface area contributed by atoms with Crippen molar-refractivity contribution in [2.24, 2.45) is 5.92 Å². The van der Waals surface area contributed by atoms with Crippen LogP contribution < -0.4 is 0 Å². The SMILES string of the molecule is CC(C)(C)OC(=O)N1CC[C@@H](OCc2ccc(C(F)(F)F)cc2)[C@@H](C(c2ccccc2)c2ccccc2)C1. The molecule has 4 nitrogen and oxygen atoms in total. The average Bonchev–Trinajstić information content (AvgIpc) is 2.88. The van der Waals surface area contributed by atoms with E-state index in [0.29, 0.717) is 25.1 Å². The zero-order chi connectivity index (χ0) is 27.3. The van der Waals surface area contributed by atoms with Crippen molar-refractivity contribution in [1.82, 2.24) is 4.90 Å². The first-order valence-electron chi connectivity index (χ1n) is 12.9. The molecule has 1 aliphatic heterocycles. The molecule has 7 heteroatoms. The second-order valence-electron chi connectivity index (χ2n) is 10.7. The van der Waals surface area contributed by atoms with E-state index in [4.69, 9.17) is 9.47 Å². The number of benzene rings is 3. The fourth-order valence-corrected chi connectivity index (χ4v) is 4.98. The lowest BCUT2D eigenvalue weighted by molar-refractivity contribution is -0.137. The Balaban J connectivity index is 1.62. The molecule has 0 N–H and O–H groups in total. The zero-order valence-electron chi connectivity index (χ0n) is 21.9. The highest BCUT2D eigenvalue weighted by atomic mass is 19.4. The van der Waals surface area contributed by atoms with Crippen molar-refractivity contribution in [1.29, 1.82) is 0 Å². The highest BCUT2D eigenvalue weighted by molar-refractivity contribution is 5.68. The monoisotopic (exact) mass is 525 g/mol. The summed E-state index contributed by atoms with van der Waals surface area (Å²) in [5, 5.41) is 0. The van der Waals surface area contributed by atoms with Crippen LogP contribution in [0.1, 0.15) is 55.4 Å². The van der Waals surface area contributed by atoms with Crippen LogP contribution in [0.4, 0.5) is 18.0 Å². The van der Waals surface area contributed by atoms with Crippen molar-refractivity contribution in [2.75, 3.05) is 13.1 Å². The Kier molecular flexibility index (Phi) is 8.46. The van der Waals surface area contributed by atoms with E-state index in [9.17, 15) is 18.0 Å². The van der Waals surface area contributed by atoms with Gasteiger partial charge in [-0.25, -0.2) is 4.79 Å². The lowest BCUT2D eigenvalue weighted by atomic mass is 9.75. The van der Waals surface area contributed by atoms with E-state index in [1.807, 2.05) is 57.2 Å². The number of halogens is 3. The van der Waals surface area contributed by atoms with Crippen molar-refractivity contribution in [3.8, 4) is 0 Å². The number of ether oxygens (including phenoxy) is 2. The molecule has 202 valence electrons. The Morgan fingerprint density at radius 1 is 0.895 bits per heavy atom. The number of rotatable bonds is 6. The van der Waals surface area contributed by atoms with Gasteiger partial charge in [0, 0.05) is 24.9 Å². The van der Waals surface area contributed by atoms with Gasteiger partial charge in [0.05, 0.1) is 18.3 Å². The van der Waals surface area contributed by atoms with Gasteiger partial charge < -0.3 is 14.4 Å². The van der Waals surface area contributed by atoms with Crippen LogP contribution in [0.5, 0.6) is 0 Å². The molecular weight excluding hydrogens is 491 g/mol. The third kappa shape index (κ3) is 7.16. The molecule has 0 aromatic heterocycles. The molecule has 0 saturated carbocycles. The normalized spacial score (nSPS) is 18.4. The molecule has 0 unspecified atom stereocenters. The van der Waals surface area contributed by atoms with Crippen LogP contribution in [0.25, 0.3) is 0 Å². The minimum Gasteiger partial charge on any atom is -0.444 e. The number of hydrogen-bond acceptors (Lipinski definition) is 3. The number of piperidine rings is 1. The molecule has 0 aliphatic carbocycles. The molecule has 3 aromatic carbocycles. The second-order valence-corrected chi connectivity index (χ2v) is 10.7.